The molecule has 0 saturated heterocycles. The molecule has 2 rings (SSSR count). The van der Waals surface area contributed by atoms with Crippen molar-refractivity contribution in [3.05, 3.63) is 63.1 Å². The molecule has 0 bridgehead atoms. The molecule has 5 heteroatoms. The molecule has 21 heavy (non-hydrogen) atoms. The summed E-state index contributed by atoms with van der Waals surface area (Å²) in [6, 6.07) is 10.9. The van der Waals surface area contributed by atoms with Crippen molar-refractivity contribution in [3.63, 3.8) is 0 Å². The van der Waals surface area contributed by atoms with E-state index in [0.29, 0.717) is 14.9 Å². The SMILES string of the molecule is Cc1cc(C)cc(C(N)CS(=O)c2c(Cl)cccc2Cl)c1. The van der Waals surface area contributed by atoms with Crippen molar-refractivity contribution >= 4 is 34.0 Å². The number of nitrogens with two attached hydrogens (primary N) is 1. The highest BCUT2D eigenvalue weighted by molar-refractivity contribution is 7.85. The van der Waals surface area contributed by atoms with Crippen molar-refractivity contribution in [1.82, 2.24) is 0 Å². The number of rotatable bonds is 4. The van der Waals surface area contributed by atoms with Crippen molar-refractivity contribution in [1.29, 1.82) is 0 Å². The molecule has 0 aliphatic rings. The van der Waals surface area contributed by atoms with E-state index in [1.54, 1.807) is 18.2 Å². The Morgan fingerprint density at radius 1 is 1.10 bits per heavy atom. The van der Waals surface area contributed by atoms with Crippen LogP contribution in [-0.2, 0) is 10.8 Å². The van der Waals surface area contributed by atoms with Gasteiger partial charge >= 0.3 is 0 Å². The number of halogens is 2. The molecule has 2 N–H and O–H groups in total. The van der Waals surface area contributed by atoms with Gasteiger partial charge in [0.05, 0.1) is 25.7 Å². The molecule has 0 amide bonds. The molecule has 2 atom stereocenters. The zero-order chi connectivity index (χ0) is 15.6. The van der Waals surface area contributed by atoms with Crippen LogP contribution in [0.1, 0.15) is 22.7 Å². The lowest BCUT2D eigenvalue weighted by Crippen LogP contribution is -2.19. The van der Waals surface area contributed by atoms with Crippen molar-refractivity contribution < 1.29 is 4.21 Å². The van der Waals surface area contributed by atoms with Gasteiger partial charge in [-0.2, -0.15) is 0 Å². The summed E-state index contributed by atoms with van der Waals surface area (Å²) in [6.45, 7) is 4.04. The third-order valence-electron chi connectivity index (χ3n) is 3.15. The van der Waals surface area contributed by atoms with Crippen LogP contribution in [0.15, 0.2) is 41.3 Å². The predicted octanol–water partition coefficient (Wildman–Crippen LogP) is 4.42. The van der Waals surface area contributed by atoms with E-state index in [2.05, 4.69) is 6.07 Å². The summed E-state index contributed by atoms with van der Waals surface area (Å²) in [6.07, 6.45) is 0. The van der Waals surface area contributed by atoms with Crippen molar-refractivity contribution in [2.45, 2.75) is 24.8 Å². The van der Waals surface area contributed by atoms with Gasteiger partial charge in [-0.1, -0.05) is 58.6 Å². The highest BCUT2D eigenvalue weighted by Crippen LogP contribution is 2.29. The minimum Gasteiger partial charge on any atom is -0.323 e. The Morgan fingerprint density at radius 2 is 1.62 bits per heavy atom. The van der Waals surface area contributed by atoms with Crippen LogP contribution in [0.5, 0.6) is 0 Å². The van der Waals surface area contributed by atoms with Crippen LogP contribution in [0.2, 0.25) is 10.0 Å². The lowest BCUT2D eigenvalue weighted by atomic mass is 10.0. The Labute approximate surface area is 137 Å². The van der Waals surface area contributed by atoms with Crippen LogP contribution < -0.4 is 5.73 Å². The van der Waals surface area contributed by atoms with Crippen molar-refractivity contribution in [2.24, 2.45) is 5.73 Å². The summed E-state index contributed by atoms with van der Waals surface area (Å²) < 4.78 is 12.5. The third-order valence-corrected chi connectivity index (χ3v) is 5.56. The van der Waals surface area contributed by atoms with Gasteiger partial charge < -0.3 is 5.73 Å². The Balaban J connectivity index is 2.23. The van der Waals surface area contributed by atoms with Gasteiger partial charge in [-0.15, -0.1) is 0 Å². The first-order chi connectivity index (χ1) is 9.88. The molecule has 0 saturated carbocycles. The van der Waals surface area contributed by atoms with Gasteiger partial charge in [0.1, 0.15) is 0 Å². The minimum atomic E-state index is -1.34. The second kappa shape index (κ2) is 6.93. The maximum absolute atomic E-state index is 12.5. The van der Waals surface area contributed by atoms with Gasteiger partial charge in [-0.25, -0.2) is 0 Å². The normalized spacial score (nSPS) is 14.0. The molecule has 2 unspecified atom stereocenters. The van der Waals surface area contributed by atoms with Gasteiger partial charge in [-0.3, -0.25) is 4.21 Å². The second-order valence-electron chi connectivity index (χ2n) is 5.09. The molecule has 2 aromatic rings. The first kappa shape index (κ1) is 16.5. The quantitative estimate of drug-likeness (QED) is 0.894. The standard InChI is InChI=1S/C16H17Cl2NOS/c1-10-6-11(2)8-12(7-10)15(19)9-21(20)16-13(17)4-3-5-14(16)18/h3-8,15H,9,19H2,1-2H3. The first-order valence-electron chi connectivity index (χ1n) is 6.54. The van der Waals surface area contributed by atoms with Gasteiger partial charge in [0.15, 0.2) is 0 Å². The fourth-order valence-electron chi connectivity index (χ4n) is 2.27. The van der Waals surface area contributed by atoms with Crippen LogP contribution in [0.25, 0.3) is 0 Å². The number of hydrogen-bond acceptors (Lipinski definition) is 2. The van der Waals surface area contributed by atoms with E-state index in [0.717, 1.165) is 16.7 Å². The summed E-state index contributed by atoms with van der Waals surface area (Å²) in [4.78, 5) is 0.459. The molecule has 0 aromatic heterocycles. The van der Waals surface area contributed by atoms with Crippen LogP contribution >= 0.6 is 23.2 Å². The zero-order valence-electron chi connectivity index (χ0n) is 11.9. The zero-order valence-corrected chi connectivity index (χ0v) is 14.2. The lowest BCUT2D eigenvalue weighted by Gasteiger charge is -2.14. The van der Waals surface area contributed by atoms with Gasteiger partial charge in [0.25, 0.3) is 0 Å². The van der Waals surface area contributed by atoms with Gasteiger partial charge in [0, 0.05) is 11.8 Å². The largest absolute Gasteiger partial charge is 0.323 e. The average molecular weight is 342 g/mol. The number of hydrogen-bond donors (Lipinski definition) is 1. The van der Waals surface area contributed by atoms with E-state index in [-0.39, 0.29) is 11.8 Å². The Hall–Kier alpha value is -0.870. The average Bonchev–Trinajstić information content (AvgIpc) is 2.37. The fraction of sp³-hybridized carbons (Fsp3) is 0.250. The summed E-state index contributed by atoms with van der Waals surface area (Å²) in [5.41, 5.74) is 9.45. The van der Waals surface area contributed by atoms with Crippen LogP contribution in [0.4, 0.5) is 0 Å². The summed E-state index contributed by atoms with van der Waals surface area (Å²) in [5.74, 6) is 0.284. The molecule has 2 aromatic carbocycles. The lowest BCUT2D eigenvalue weighted by molar-refractivity contribution is 0.675. The Bertz CT molecular complexity index is 647. The molecule has 0 spiro atoms. The molecular formula is C16H17Cl2NOS. The number of benzene rings is 2. The van der Waals surface area contributed by atoms with Crippen molar-refractivity contribution in [2.75, 3.05) is 5.75 Å². The molecule has 0 aliphatic carbocycles. The Kier molecular flexibility index (Phi) is 5.44. The molecule has 2 nitrogen and oxygen atoms in total. The number of aryl methyl sites for hydroxylation is 2. The summed E-state index contributed by atoms with van der Waals surface area (Å²) in [7, 11) is -1.34. The van der Waals surface area contributed by atoms with Crippen molar-refractivity contribution in [3.8, 4) is 0 Å². The molecule has 0 fully saturated rings. The monoisotopic (exact) mass is 341 g/mol. The molecule has 0 radical (unpaired) electrons. The Morgan fingerprint density at radius 3 is 2.14 bits per heavy atom. The predicted molar refractivity (Wildman–Crippen MR) is 90.6 cm³/mol. The maximum atomic E-state index is 12.5. The highest BCUT2D eigenvalue weighted by Gasteiger charge is 2.17. The van der Waals surface area contributed by atoms with Crippen LogP contribution in [-0.4, -0.2) is 9.96 Å². The highest BCUT2D eigenvalue weighted by atomic mass is 35.5. The summed E-state index contributed by atoms with van der Waals surface area (Å²) >= 11 is 12.2. The smallest absolute Gasteiger partial charge is 0.0761 e. The van der Waals surface area contributed by atoms with E-state index in [1.165, 1.54) is 0 Å². The van der Waals surface area contributed by atoms with E-state index < -0.39 is 10.8 Å². The summed E-state index contributed by atoms with van der Waals surface area (Å²) in [5, 5.41) is 0.821. The molecule has 112 valence electrons. The van der Waals surface area contributed by atoms with E-state index in [4.69, 9.17) is 28.9 Å². The minimum absolute atomic E-state index is 0.284. The van der Waals surface area contributed by atoms with E-state index in [9.17, 15) is 4.21 Å². The van der Waals surface area contributed by atoms with E-state index in [1.807, 2.05) is 26.0 Å². The maximum Gasteiger partial charge on any atom is 0.0761 e. The van der Waals surface area contributed by atoms with Crippen LogP contribution in [0.3, 0.4) is 0 Å². The van der Waals surface area contributed by atoms with Crippen LogP contribution in [0, 0.1) is 13.8 Å². The van der Waals surface area contributed by atoms with Gasteiger partial charge in [-0.05, 0) is 31.5 Å². The molecular weight excluding hydrogens is 325 g/mol. The first-order valence-corrected chi connectivity index (χ1v) is 8.62. The van der Waals surface area contributed by atoms with E-state index >= 15 is 0 Å². The fourth-order valence-corrected chi connectivity index (χ4v) is 4.44. The molecule has 0 heterocycles. The topological polar surface area (TPSA) is 43.1 Å². The third kappa shape index (κ3) is 4.07. The second-order valence-corrected chi connectivity index (χ2v) is 7.34. The molecule has 0 aliphatic heterocycles. The van der Waals surface area contributed by atoms with Gasteiger partial charge in [0.2, 0.25) is 0 Å².